The quantitative estimate of drug-likeness (QED) is 0.363. The molecule has 0 bridgehead atoms. The summed E-state index contributed by atoms with van der Waals surface area (Å²) in [5, 5.41) is 0. The highest BCUT2D eigenvalue weighted by atomic mass is 16.5. The highest BCUT2D eigenvalue weighted by Gasteiger charge is 2.57. The predicted octanol–water partition coefficient (Wildman–Crippen LogP) is 3.87. The van der Waals surface area contributed by atoms with E-state index in [1.54, 1.807) is 23.2 Å². The highest BCUT2D eigenvalue weighted by Crippen LogP contribution is 2.39. The number of carbonyl (C=O) groups is 3. The molecule has 2 aliphatic heterocycles. The van der Waals surface area contributed by atoms with Gasteiger partial charge < -0.3 is 9.64 Å². The lowest BCUT2D eigenvalue weighted by Gasteiger charge is -2.42. The number of hydrogen-bond donors (Lipinski definition) is 0. The summed E-state index contributed by atoms with van der Waals surface area (Å²) in [7, 11) is 1.37. The van der Waals surface area contributed by atoms with Gasteiger partial charge in [0.15, 0.2) is 0 Å². The van der Waals surface area contributed by atoms with Gasteiger partial charge in [0, 0.05) is 32.4 Å². The maximum absolute atomic E-state index is 13.9. The number of carbonyl (C=O) groups excluding carboxylic acids is 3. The molecule has 3 heterocycles. The molecule has 190 valence electrons. The molecule has 0 unspecified atom stereocenters. The van der Waals surface area contributed by atoms with Crippen LogP contribution in [-0.2, 0) is 29.2 Å². The van der Waals surface area contributed by atoms with E-state index in [2.05, 4.69) is 9.88 Å². The Morgan fingerprint density at radius 1 is 0.865 bits per heavy atom. The van der Waals surface area contributed by atoms with Crippen molar-refractivity contribution in [1.29, 1.82) is 0 Å². The second-order valence-corrected chi connectivity index (χ2v) is 9.56. The summed E-state index contributed by atoms with van der Waals surface area (Å²) in [6.07, 6.45) is 2.79. The largest absolute Gasteiger partial charge is 0.465 e. The molecule has 0 radical (unpaired) electrons. The molecule has 2 aliphatic rings. The summed E-state index contributed by atoms with van der Waals surface area (Å²) in [6, 6.07) is 22.5. The fourth-order valence-electron chi connectivity index (χ4n) is 5.25. The minimum atomic E-state index is -0.868. The predicted molar refractivity (Wildman–Crippen MR) is 137 cm³/mol. The number of hydrogen-bond acceptors (Lipinski definition) is 6. The van der Waals surface area contributed by atoms with Crippen molar-refractivity contribution in [2.45, 2.75) is 38.0 Å². The van der Waals surface area contributed by atoms with Crippen LogP contribution < -0.4 is 0 Å². The molecular formula is C29H30N4O4. The van der Waals surface area contributed by atoms with Crippen molar-refractivity contribution in [1.82, 2.24) is 19.7 Å². The van der Waals surface area contributed by atoms with Crippen LogP contribution in [0.1, 0.15) is 40.0 Å². The zero-order chi connectivity index (χ0) is 25.8. The number of aromatic nitrogens is 1. The van der Waals surface area contributed by atoms with Crippen molar-refractivity contribution in [3.05, 3.63) is 101 Å². The molecule has 3 amide bonds. The monoisotopic (exact) mass is 498 g/mol. The van der Waals surface area contributed by atoms with Gasteiger partial charge in [-0.05, 0) is 48.2 Å². The molecule has 0 atom stereocenters. The number of benzene rings is 2. The SMILES string of the molecule is COC(=O)c1ccc(CN2CCC3(CC2)C(=O)N(Cc2ccccn2)C(=O)N3Cc2ccccc2)cc1. The van der Waals surface area contributed by atoms with Crippen molar-refractivity contribution in [3.63, 3.8) is 0 Å². The van der Waals surface area contributed by atoms with E-state index in [1.165, 1.54) is 12.0 Å². The minimum Gasteiger partial charge on any atom is -0.465 e. The normalized spacial score (nSPS) is 17.4. The number of esters is 1. The van der Waals surface area contributed by atoms with Gasteiger partial charge in [-0.2, -0.15) is 0 Å². The van der Waals surface area contributed by atoms with Crippen molar-refractivity contribution < 1.29 is 19.1 Å². The number of amides is 3. The number of urea groups is 1. The van der Waals surface area contributed by atoms with E-state index in [1.807, 2.05) is 60.7 Å². The van der Waals surface area contributed by atoms with Crippen LogP contribution in [0.3, 0.4) is 0 Å². The van der Waals surface area contributed by atoms with Crippen LogP contribution in [0.15, 0.2) is 79.0 Å². The second-order valence-electron chi connectivity index (χ2n) is 9.56. The van der Waals surface area contributed by atoms with E-state index in [0.717, 1.165) is 11.1 Å². The summed E-state index contributed by atoms with van der Waals surface area (Å²) < 4.78 is 4.78. The Bertz CT molecular complexity index is 1260. The van der Waals surface area contributed by atoms with Crippen LogP contribution >= 0.6 is 0 Å². The summed E-state index contributed by atoms with van der Waals surface area (Å²) >= 11 is 0. The number of likely N-dealkylation sites (tertiary alicyclic amines) is 1. The van der Waals surface area contributed by atoms with Crippen LogP contribution in [0.25, 0.3) is 0 Å². The molecular weight excluding hydrogens is 468 g/mol. The van der Waals surface area contributed by atoms with E-state index in [0.29, 0.717) is 50.3 Å². The average Bonchev–Trinajstić information content (AvgIpc) is 3.12. The third-order valence-corrected chi connectivity index (χ3v) is 7.32. The Kier molecular flexibility index (Phi) is 7.01. The third kappa shape index (κ3) is 4.97. The average molecular weight is 499 g/mol. The molecule has 8 heteroatoms. The van der Waals surface area contributed by atoms with E-state index < -0.39 is 5.54 Å². The first-order valence-corrected chi connectivity index (χ1v) is 12.5. The number of nitrogens with zero attached hydrogens (tertiary/aromatic N) is 4. The molecule has 0 N–H and O–H groups in total. The number of imide groups is 1. The maximum Gasteiger partial charge on any atom is 0.337 e. The molecule has 2 aromatic carbocycles. The first-order valence-electron chi connectivity index (χ1n) is 12.5. The molecule has 1 spiro atoms. The van der Waals surface area contributed by atoms with Crippen LogP contribution in [0.4, 0.5) is 4.79 Å². The Balaban J connectivity index is 1.33. The molecule has 3 aromatic rings. The number of methoxy groups -OCH3 is 1. The van der Waals surface area contributed by atoms with Crippen LogP contribution in [-0.4, -0.2) is 63.3 Å². The lowest BCUT2D eigenvalue weighted by Crippen LogP contribution is -2.56. The summed E-state index contributed by atoms with van der Waals surface area (Å²) in [4.78, 5) is 49.0. The lowest BCUT2D eigenvalue weighted by atomic mass is 9.85. The summed E-state index contributed by atoms with van der Waals surface area (Å²) in [5.74, 6) is -0.495. The van der Waals surface area contributed by atoms with Crippen molar-refractivity contribution >= 4 is 17.9 Å². The van der Waals surface area contributed by atoms with Crippen LogP contribution in [0, 0.1) is 0 Å². The zero-order valence-corrected chi connectivity index (χ0v) is 20.9. The van der Waals surface area contributed by atoms with E-state index in [4.69, 9.17) is 4.74 Å². The van der Waals surface area contributed by atoms with Crippen molar-refractivity contribution in [2.75, 3.05) is 20.2 Å². The summed E-state index contributed by atoms with van der Waals surface area (Å²) in [5.41, 5.74) is 2.41. The van der Waals surface area contributed by atoms with Crippen molar-refractivity contribution in [2.24, 2.45) is 0 Å². The lowest BCUT2D eigenvalue weighted by molar-refractivity contribution is -0.136. The van der Waals surface area contributed by atoms with Gasteiger partial charge in [0.25, 0.3) is 5.91 Å². The number of pyridine rings is 1. The highest BCUT2D eigenvalue weighted by molar-refractivity contribution is 6.07. The number of piperidine rings is 1. The fourth-order valence-corrected chi connectivity index (χ4v) is 5.25. The summed E-state index contributed by atoms with van der Waals surface area (Å²) in [6.45, 7) is 2.62. The van der Waals surface area contributed by atoms with Crippen molar-refractivity contribution in [3.8, 4) is 0 Å². The van der Waals surface area contributed by atoms with E-state index in [-0.39, 0.29) is 24.5 Å². The molecule has 2 fully saturated rings. The topological polar surface area (TPSA) is 83.0 Å². The van der Waals surface area contributed by atoms with E-state index in [9.17, 15) is 14.4 Å². The molecule has 2 saturated heterocycles. The maximum atomic E-state index is 13.9. The molecule has 0 saturated carbocycles. The first-order chi connectivity index (χ1) is 18.0. The van der Waals surface area contributed by atoms with Gasteiger partial charge in [0.05, 0.1) is 24.9 Å². The van der Waals surface area contributed by atoms with Crippen LogP contribution in [0.5, 0.6) is 0 Å². The third-order valence-electron chi connectivity index (χ3n) is 7.32. The van der Waals surface area contributed by atoms with Gasteiger partial charge in [0.1, 0.15) is 5.54 Å². The minimum absolute atomic E-state index is 0.138. The number of rotatable bonds is 7. The molecule has 8 nitrogen and oxygen atoms in total. The smallest absolute Gasteiger partial charge is 0.337 e. The Morgan fingerprint density at radius 2 is 1.54 bits per heavy atom. The van der Waals surface area contributed by atoms with Gasteiger partial charge in [-0.1, -0.05) is 48.5 Å². The Morgan fingerprint density at radius 3 is 2.19 bits per heavy atom. The van der Waals surface area contributed by atoms with Gasteiger partial charge in [0.2, 0.25) is 0 Å². The Labute approximate surface area is 216 Å². The van der Waals surface area contributed by atoms with Crippen LogP contribution in [0.2, 0.25) is 0 Å². The Hall–Kier alpha value is -4.04. The molecule has 37 heavy (non-hydrogen) atoms. The van der Waals surface area contributed by atoms with Gasteiger partial charge in [-0.25, -0.2) is 9.59 Å². The first kappa shape index (κ1) is 24.6. The molecule has 0 aliphatic carbocycles. The van der Waals surface area contributed by atoms with Gasteiger partial charge in [-0.15, -0.1) is 0 Å². The fraction of sp³-hybridized carbons (Fsp3) is 0.310. The second kappa shape index (κ2) is 10.5. The molecule has 1 aromatic heterocycles. The number of ether oxygens (including phenoxy) is 1. The zero-order valence-electron chi connectivity index (χ0n) is 20.9. The van der Waals surface area contributed by atoms with Gasteiger partial charge >= 0.3 is 12.0 Å². The molecule has 5 rings (SSSR count). The van der Waals surface area contributed by atoms with E-state index >= 15 is 0 Å². The standard InChI is InChI=1S/C29H30N4O4/c1-37-26(34)24-12-10-23(11-13-24)19-31-17-14-29(15-18-31)27(35)32(21-25-9-5-6-16-30-25)28(36)33(29)20-22-7-3-2-4-8-22/h2-13,16H,14-15,17-21H2,1H3. The van der Waals surface area contributed by atoms with Gasteiger partial charge in [-0.3, -0.25) is 19.6 Å².